The van der Waals surface area contributed by atoms with Crippen molar-refractivity contribution in [1.82, 2.24) is 46.0 Å². The summed E-state index contributed by atoms with van der Waals surface area (Å²) >= 11 is 6.42. The molecule has 0 bridgehead atoms. The van der Waals surface area contributed by atoms with E-state index < -0.39 is 32.2 Å². The minimum atomic E-state index is -3.91. The van der Waals surface area contributed by atoms with Gasteiger partial charge in [0.2, 0.25) is 31.9 Å². The Labute approximate surface area is 420 Å². The van der Waals surface area contributed by atoms with Crippen LogP contribution in [0.3, 0.4) is 0 Å². The van der Waals surface area contributed by atoms with Crippen molar-refractivity contribution in [3.63, 3.8) is 0 Å². The second-order valence-electron chi connectivity index (χ2n) is 18.3. The van der Waals surface area contributed by atoms with Crippen LogP contribution in [0.5, 0.6) is 5.75 Å². The number of carbonyl (C=O) groups is 4. The van der Waals surface area contributed by atoms with E-state index in [9.17, 15) is 41.3 Å². The molecule has 23 heteroatoms. The van der Waals surface area contributed by atoms with E-state index in [1.807, 2.05) is 6.07 Å². The third-order valence-electron chi connectivity index (χ3n) is 13.4. The van der Waals surface area contributed by atoms with Gasteiger partial charge < -0.3 is 41.1 Å². The lowest BCUT2D eigenvalue weighted by molar-refractivity contribution is -0.131. The highest BCUT2D eigenvalue weighted by atomic mass is 35.5. The summed E-state index contributed by atoms with van der Waals surface area (Å²) in [6, 6.07) is 17.5. The van der Waals surface area contributed by atoms with Crippen LogP contribution in [0.1, 0.15) is 85.6 Å². The molecule has 0 aromatic heterocycles. The number of urea groups is 2. The zero-order valence-corrected chi connectivity index (χ0v) is 42.1. The Balaban J connectivity index is 0.719. The van der Waals surface area contributed by atoms with Crippen LogP contribution in [0.4, 0.5) is 9.59 Å². The number of rotatable bonds is 21. The fourth-order valence-corrected chi connectivity index (χ4v) is 12.1. The fourth-order valence-electron chi connectivity index (χ4n) is 9.75. The average Bonchev–Trinajstić information content (AvgIpc) is 4.13. The van der Waals surface area contributed by atoms with Crippen molar-refractivity contribution in [1.29, 1.82) is 5.26 Å². The Morgan fingerprint density at radius 1 is 0.761 bits per heavy atom. The molecule has 3 heterocycles. The van der Waals surface area contributed by atoms with E-state index in [2.05, 4.69) is 42.3 Å². The van der Waals surface area contributed by atoms with Gasteiger partial charge >= 0.3 is 12.1 Å². The summed E-state index contributed by atoms with van der Waals surface area (Å²) in [6.45, 7) is 6.30. The molecule has 71 heavy (non-hydrogen) atoms. The van der Waals surface area contributed by atoms with Gasteiger partial charge in [-0.2, -0.15) is 5.26 Å². The lowest BCUT2D eigenvalue weighted by Crippen LogP contribution is -2.50. The van der Waals surface area contributed by atoms with Crippen molar-refractivity contribution in [2.45, 2.75) is 91.7 Å². The van der Waals surface area contributed by atoms with Crippen molar-refractivity contribution < 1.29 is 40.8 Å². The largest absolute Gasteiger partial charge is 0.484 e. The number of fused-ring (bicyclic) bond motifs is 1. The van der Waals surface area contributed by atoms with Gasteiger partial charge in [0.1, 0.15) is 11.9 Å². The van der Waals surface area contributed by atoms with Crippen LogP contribution in [0.25, 0.3) is 0 Å². The summed E-state index contributed by atoms with van der Waals surface area (Å²) in [4.78, 5) is 56.1. The van der Waals surface area contributed by atoms with E-state index in [0.29, 0.717) is 106 Å². The van der Waals surface area contributed by atoms with Crippen LogP contribution >= 0.6 is 11.6 Å². The number of nitrogens with one attached hydrogen (secondary N) is 6. The fraction of sp³-hybridized carbons (Fsp3) is 0.521. The molecule has 7 rings (SSSR count). The van der Waals surface area contributed by atoms with Crippen LogP contribution in [0.2, 0.25) is 5.02 Å². The monoisotopic (exact) mass is 1040 g/mol. The van der Waals surface area contributed by atoms with Crippen molar-refractivity contribution in [2.24, 2.45) is 5.14 Å². The van der Waals surface area contributed by atoms with E-state index in [-0.39, 0.29) is 71.6 Å². The van der Waals surface area contributed by atoms with Gasteiger partial charge in [-0.25, -0.2) is 36.3 Å². The molecule has 0 spiro atoms. The first-order chi connectivity index (χ1) is 34.1. The normalized spacial score (nSPS) is 20.2. The molecule has 8 N–H and O–H groups in total. The number of benzene rings is 3. The van der Waals surface area contributed by atoms with Gasteiger partial charge in [0.05, 0.1) is 27.5 Å². The number of carbonyl (C=O) groups excluding carboxylic acids is 4. The van der Waals surface area contributed by atoms with Crippen molar-refractivity contribution in [2.75, 3.05) is 78.5 Å². The quantitative estimate of drug-likeness (QED) is 0.0759. The molecule has 3 aliphatic heterocycles. The second-order valence-corrected chi connectivity index (χ2v) is 22.0. The maximum absolute atomic E-state index is 13.4. The van der Waals surface area contributed by atoms with Crippen LogP contribution in [0, 0.1) is 11.3 Å². The topological polar surface area (TPSA) is 278 Å². The number of amides is 6. The number of unbranched alkanes of at least 4 members (excludes halogenated alkanes) is 1. The number of hydrogen-bond donors (Lipinski definition) is 7. The lowest BCUT2D eigenvalue weighted by atomic mass is 9.98. The molecule has 3 fully saturated rings. The standard InChI is InChI=1S/C48H64ClN11O9S2/c49-35-27-34(30-50)40-29-42(58-25-21-52-22-26-58)46(41(40)28-35)69-37-11-13-38(14-12-37)71(67,68)57-36-16-24-60(32-36)45(62)10-6-20-56-48(64)54-18-4-3-17-53-47(63)55-19-5-9-44(61)59-23-15-33(31-59)39-7-1-2-8-43(39)70(51,65)66/h1-2,7-8,11-14,27-28,33,36,42,46,52,57H,3-6,9-10,15-26,29,31-32H2,(H2,51,65,66)(H2,53,55,63)(H2,54,56,64)/t33-,36+,42+,46+/m1/s1. The van der Waals surface area contributed by atoms with Crippen LogP contribution in [-0.2, 0) is 36.1 Å². The van der Waals surface area contributed by atoms with Gasteiger partial charge in [0.15, 0.2) is 0 Å². The molecule has 0 radical (unpaired) electrons. The summed E-state index contributed by atoms with van der Waals surface area (Å²) in [6.07, 6.45) is 3.88. The van der Waals surface area contributed by atoms with E-state index in [0.717, 1.165) is 37.3 Å². The number of nitrogens with zero attached hydrogens (tertiary/aromatic N) is 4. The van der Waals surface area contributed by atoms with Crippen LogP contribution in [-0.4, -0.2) is 146 Å². The summed E-state index contributed by atoms with van der Waals surface area (Å²) in [7, 11) is -7.78. The SMILES string of the molecule is N#Cc1cc(Cl)cc2c1C[C@H](N1CCNCC1)[C@H]2Oc1ccc(S(=O)(=O)N[C@H]2CCN(C(=O)CCCNC(=O)NCCCCNC(=O)NCCCC(=O)N3CC[C@@H](c4ccccc4S(N)(=O)=O)C3)C2)cc1. The Hall–Kier alpha value is -5.54. The van der Waals surface area contributed by atoms with Gasteiger partial charge in [-0.3, -0.25) is 14.5 Å². The first-order valence-corrected chi connectivity index (χ1v) is 27.7. The number of nitrogens with two attached hydrogens (primary N) is 1. The Morgan fingerprint density at radius 3 is 1.97 bits per heavy atom. The predicted octanol–water partition coefficient (Wildman–Crippen LogP) is 2.64. The third-order valence-corrected chi connectivity index (χ3v) is 16.1. The number of nitriles is 1. The van der Waals surface area contributed by atoms with Gasteiger partial charge in [0, 0.05) is 108 Å². The number of piperazine rings is 1. The molecule has 3 aromatic rings. The molecule has 4 atom stereocenters. The summed E-state index contributed by atoms with van der Waals surface area (Å²) in [5.74, 6) is 0.189. The summed E-state index contributed by atoms with van der Waals surface area (Å²) < 4.78 is 60.2. The highest BCUT2D eigenvalue weighted by Crippen LogP contribution is 2.41. The Morgan fingerprint density at radius 2 is 1.35 bits per heavy atom. The zero-order valence-electron chi connectivity index (χ0n) is 39.7. The highest BCUT2D eigenvalue weighted by Gasteiger charge is 2.40. The van der Waals surface area contributed by atoms with Gasteiger partial charge in [0.25, 0.3) is 0 Å². The minimum absolute atomic E-state index is 0.0165. The second kappa shape index (κ2) is 24.7. The average molecular weight is 1040 g/mol. The molecule has 0 unspecified atom stereocenters. The van der Waals surface area contributed by atoms with E-state index >= 15 is 0 Å². The maximum atomic E-state index is 13.4. The van der Waals surface area contributed by atoms with Gasteiger partial charge in [-0.15, -0.1) is 0 Å². The number of primary sulfonamides is 1. The molecular weight excluding hydrogens is 974 g/mol. The number of sulfonamides is 2. The molecule has 384 valence electrons. The molecular formula is C48H64ClN11O9S2. The van der Waals surface area contributed by atoms with Gasteiger partial charge in [-0.05, 0) is 104 Å². The molecule has 6 amide bonds. The molecule has 0 saturated carbocycles. The van der Waals surface area contributed by atoms with E-state index in [1.54, 1.807) is 46.2 Å². The van der Waals surface area contributed by atoms with Gasteiger partial charge in [-0.1, -0.05) is 29.8 Å². The lowest BCUT2D eigenvalue weighted by Gasteiger charge is -2.36. The van der Waals surface area contributed by atoms with E-state index in [4.69, 9.17) is 21.5 Å². The number of halogens is 1. The number of ether oxygens (including phenoxy) is 1. The highest BCUT2D eigenvalue weighted by molar-refractivity contribution is 7.89. The van der Waals surface area contributed by atoms with Crippen LogP contribution < -0.4 is 41.2 Å². The minimum Gasteiger partial charge on any atom is -0.484 e. The molecule has 20 nitrogen and oxygen atoms in total. The molecule has 4 aliphatic rings. The molecule has 3 saturated heterocycles. The third kappa shape index (κ3) is 14.6. The van der Waals surface area contributed by atoms with E-state index in [1.165, 1.54) is 18.2 Å². The van der Waals surface area contributed by atoms with Crippen LogP contribution in [0.15, 0.2) is 70.5 Å². The molecule has 3 aromatic carbocycles. The van der Waals surface area contributed by atoms with Crippen molar-refractivity contribution in [3.05, 3.63) is 87.9 Å². The first kappa shape index (κ1) is 53.3. The van der Waals surface area contributed by atoms with Crippen molar-refractivity contribution in [3.8, 4) is 11.8 Å². The molecule has 1 aliphatic carbocycles. The summed E-state index contributed by atoms with van der Waals surface area (Å²) in [5.41, 5.74) is 2.94. The maximum Gasteiger partial charge on any atom is 0.314 e. The Bertz CT molecular complexity index is 2650. The zero-order chi connectivity index (χ0) is 50.5. The smallest absolute Gasteiger partial charge is 0.314 e. The number of likely N-dealkylation sites (tertiary alicyclic amines) is 2. The predicted molar refractivity (Wildman–Crippen MR) is 265 cm³/mol. The van der Waals surface area contributed by atoms with Crippen molar-refractivity contribution >= 4 is 55.5 Å². The summed E-state index contributed by atoms with van der Waals surface area (Å²) in [5, 5.41) is 30.1. The number of hydrogen-bond acceptors (Lipinski definition) is 12. The first-order valence-electron chi connectivity index (χ1n) is 24.3. The Kier molecular flexibility index (Phi) is 18.6.